The van der Waals surface area contributed by atoms with Crippen molar-refractivity contribution in [2.24, 2.45) is 0 Å². The number of aromatic carboxylic acids is 1. The summed E-state index contributed by atoms with van der Waals surface area (Å²) >= 11 is 0. The molecule has 0 atom stereocenters. The molecule has 230 valence electrons. The van der Waals surface area contributed by atoms with Crippen LogP contribution in [-0.2, 0) is 25.5 Å². The van der Waals surface area contributed by atoms with Crippen LogP contribution in [-0.4, -0.2) is 68.0 Å². The van der Waals surface area contributed by atoms with E-state index < -0.39 is 15.1 Å². The molecule has 2 aromatic rings. The number of hydrogen-bond donors (Lipinski definition) is 1. The van der Waals surface area contributed by atoms with Gasteiger partial charge in [0, 0.05) is 53.0 Å². The van der Waals surface area contributed by atoms with Crippen molar-refractivity contribution < 1.29 is 71.3 Å². The van der Waals surface area contributed by atoms with Crippen LogP contribution in [0.3, 0.4) is 0 Å². The molecule has 1 heterocycles. The van der Waals surface area contributed by atoms with Gasteiger partial charge in [0.25, 0.3) is 0 Å². The van der Waals surface area contributed by atoms with E-state index >= 15 is 0 Å². The van der Waals surface area contributed by atoms with Gasteiger partial charge in [-0.05, 0) is 51.5 Å². The van der Waals surface area contributed by atoms with E-state index in [1.165, 1.54) is 0 Å². The van der Waals surface area contributed by atoms with Gasteiger partial charge in [-0.15, -0.1) is 0 Å². The monoisotopic (exact) mass is 688 g/mol. The van der Waals surface area contributed by atoms with Crippen molar-refractivity contribution in [1.29, 1.82) is 0 Å². The number of carbonyl (C=O) groups is 1. The van der Waals surface area contributed by atoms with Crippen LogP contribution >= 0.6 is 0 Å². The summed E-state index contributed by atoms with van der Waals surface area (Å²) in [5, 5.41) is 13.9. The summed E-state index contributed by atoms with van der Waals surface area (Å²) in [5.41, 5.74) is 4.34. The molecule has 0 amide bonds. The number of nitrogens with zero attached hydrogens (tertiary/aromatic N) is 2. The van der Waals surface area contributed by atoms with Crippen LogP contribution < -0.4 is 24.7 Å². The number of carbonyl (C=O) groups excluding carboxylic acids is 1. The standard InChI is InChI=1S/C28H30N2O3.Mo.HO3Si.4H2O/c1-5-29(6-2)19-13-15-23-25(17-19)33-26-18-20(30(7-3)8-4)14-16-24(26)27(23)21-11-9-10-12-22(21)28(31)32;;1-4(2)3;;;;/h9-18H,5-8H2,1-4H3;;1H;4*1H2/q;+2;-1;;;;/p-1. The molecular formula is C28H38MoN2O10Si. The third-order valence-corrected chi connectivity index (χ3v) is 6.36. The van der Waals surface area contributed by atoms with E-state index in [0.29, 0.717) is 5.56 Å². The van der Waals surface area contributed by atoms with Crippen molar-refractivity contribution in [3.63, 3.8) is 0 Å². The maximum atomic E-state index is 12.0. The Bertz CT molecular complexity index is 1460. The summed E-state index contributed by atoms with van der Waals surface area (Å²) in [5.74, 6) is -0.459. The second-order valence-electron chi connectivity index (χ2n) is 8.28. The minimum absolute atomic E-state index is 0. The summed E-state index contributed by atoms with van der Waals surface area (Å²) in [4.78, 5) is 29.9. The third-order valence-electron chi connectivity index (χ3n) is 6.36. The van der Waals surface area contributed by atoms with Crippen LogP contribution in [0.4, 0.5) is 5.69 Å². The summed E-state index contributed by atoms with van der Waals surface area (Å²) in [6.45, 7) is 12.1. The summed E-state index contributed by atoms with van der Waals surface area (Å²) in [7, 11) is -3.38. The number of rotatable bonds is 7. The Morgan fingerprint density at radius 2 is 1.50 bits per heavy atom. The molecule has 2 aliphatic rings. The van der Waals surface area contributed by atoms with Crippen molar-refractivity contribution in [2.75, 3.05) is 31.1 Å². The van der Waals surface area contributed by atoms with Crippen LogP contribution in [0.5, 0.6) is 0 Å². The van der Waals surface area contributed by atoms with Crippen LogP contribution in [0.15, 0.2) is 65.1 Å². The van der Waals surface area contributed by atoms with Crippen molar-refractivity contribution in [2.45, 2.75) is 27.7 Å². The SMILES string of the molecule is CCN(CC)c1ccc2c(-c3ccccc3C(=O)[O-])c3ccc(=[N+](CC)CC)cc-3oc2c1.O.O.O.O=[Si]([O-])O.[Mo+2].[OH-]. The molecule has 8 N–H and O–H groups in total. The quantitative estimate of drug-likeness (QED) is 0.148. The largest absolute Gasteiger partial charge is 2.00 e. The van der Waals surface area contributed by atoms with Gasteiger partial charge >= 0.3 is 30.2 Å². The van der Waals surface area contributed by atoms with Gasteiger partial charge < -0.3 is 55.2 Å². The van der Waals surface area contributed by atoms with Crippen LogP contribution in [0.1, 0.15) is 38.1 Å². The van der Waals surface area contributed by atoms with Gasteiger partial charge in [-0.3, -0.25) is 0 Å². The Morgan fingerprint density at radius 1 is 0.929 bits per heavy atom. The van der Waals surface area contributed by atoms with E-state index in [2.05, 4.69) is 61.4 Å². The van der Waals surface area contributed by atoms with Crippen molar-refractivity contribution in [1.82, 2.24) is 4.58 Å². The first-order valence-corrected chi connectivity index (χ1v) is 13.6. The summed E-state index contributed by atoms with van der Waals surface area (Å²) in [6, 6.07) is 19.3. The molecule has 14 heteroatoms. The predicted octanol–water partition coefficient (Wildman–Crippen LogP) is -0.673. The second kappa shape index (κ2) is 19.6. The summed E-state index contributed by atoms with van der Waals surface area (Å²) < 4.78 is 17.3. The van der Waals surface area contributed by atoms with E-state index in [-0.39, 0.29) is 48.5 Å². The van der Waals surface area contributed by atoms with Gasteiger partial charge in [-0.2, -0.15) is 0 Å². The van der Waals surface area contributed by atoms with E-state index in [4.69, 9.17) is 18.5 Å². The van der Waals surface area contributed by atoms with Gasteiger partial charge in [0.1, 0.15) is 24.4 Å². The molecule has 0 saturated carbocycles. The zero-order valence-electron chi connectivity index (χ0n) is 23.8. The Hall–Kier alpha value is -3.45. The Labute approximate surface area is 259 Å². The van der Waals surface area contributed by atoms with Gasteiger partial charge in [-0.1, -0.05) is 24.3 Å². The number of fused-ring (bicyclic) bond motifs is 2. The van der Waals surface area contributed by atoms with Gasteiger partial charge in [0.15, 0.2) is 0 Å². The molecule has 0 bridgehead atoms. The Morgan fingerprint density at radius 3 is 2.02 bits per heavy atom. The van der Waals surface area contributed by atoms with Crippen molar-refractivity contribution >= 4 is 31.8 Å². The minimum atomic E-state index is -3.38. The van der Waals surface area contributed by atoms with Gasteiger partial charge in [-0.25, -0.2) is 4.58 Å². The molecule has 0 radical (unpaired) electrons. The molecule has 4 rings (SSSR count). The van der Waals surface area contributed by atoms with Crippen LogP contribution in [0.25, 0.3) is 33.4 Å². The Balaban J connectivity index is -0.00000159. The maximum Gasteiger partial charge on any atom is 2.00 e. The second-order valence-corrected chi connectivity index (χ2v) is 8.81. The first kappa shape index (κ1) is 43.0. The molecule has 0 spiro atoms. The molecule has 1 aliphatic heterocycles. The molecule has 0 saturated heterocycles. The molecule has 1 aliphatic carbocycles. The van der Waals surface area contributed by atoms with E-state index in [0.717, 1.165) is 65.1 Å². The van der Waals surface area contributed by atoms with Crippen LogP contribution in [0.2, 0.25) is 0 Å². The first-order chi connectivity index (χ1) is 17.7. The number of carboxylic acids is 1. The van der Waals surface area contributed by atoms with Gasteiger partial charge in [0.05, 0.1) is 12.0 Å². The Kier molecular flexibility index (Phi) is 20.1. The fourth-order valence-electron chi connectivity index (χ4n) is 4.61. The zero-order chi connectivity index (χ0) is 27.1. The van der Waals surface area contributed by atoms with E-state index in [1.54, 1.807) is 12.1 Å². The molecule has 0 fully saturated rings. The zero-order valence-corrected chi connectivity index (χ0v) is 26.8. The van der Waals surface area contributed by atoms with Crippen molar-refractivity contribution in [3.8, 4) is 22.5 Å². The fourth-order valence-corrected chi connectivity index (χ4v) is 4.61. The number of hydrogen-bond acceptors (Lipinski definition) is 7. The maximum absolute atomic E-state index is 12.0. The smallest absolute Gasteiger partial charge is 0.870 e. The molecular weight excluding hydrogens is 648 g/mol. The molecule has 42 heavy (non-hydrogen) atoms. The normalized spacial score (nSPS) is 9.33. The first-order valence-electron chi connectivity index (χ1n) is 12.3. The van der Waals surface area contributed by atoms with E-state index in [1.807, 2.05) is 24.3 Å². The average Bonchev–Trinajstić information content (AvgIpc) is 2.88. The fraction of sp³-hybridized carbons (Fsp3) is 0.286. The molecule has 2 aromatic carbocycles. The molecule has 0 unspecified atom stereocenters. The van der Waals surface area contributed by atoms with Gasteiger partial charge in [0.2, 0.25) is 5.36 Å². The number of carboxylic acid groups (broad SMARTS) is 1. The number of benzene rings is 3. The average molecular weight is 687 g/mol. The third kappa shape index (κ3) is 9.55. The number of anilines is 1. The topological polar surface area (TPSA) is 244 Å². The minimum Gasteiger partial charge on any atom is -0.870 e. The van der Waals surface area contributed by atoms with Crippen LogP contribution in [0, 0.1) is 0 Å². The molecule has 0 aromatic heterocycles. The van der Waals surface area contributed by atoms with E-state index in [9.17, 15) is 9.90 Å². The predicted molar refractivity (Wildman–Crippen MR) is 154 cm³/mol. The molecule has 12 nitrogen and oxygen atoms in total. The summed E-state index contributed by atoms with van der Waals surface area (Å²) in [6.07, 6.45) is 0. The van der Waals surface area contributed by atoms with Crippen molar-refractivity contribution in [3.05, 3.63) is 71.6 Å².